The van der Waals surface area contributed by atoms with Crippen LogP contribution < -0.4 is 15.5 Å². The lowest BCUT2D eigenvalue weighted by Crippen LogP contribution is -2.29. The summed E-state index contributed by atoms with van der Waals surface area (Å²) in [5.41, 5.74) is 2.44. The Kier molecular flexibility index (Phi) is 9.82. The van der Waals surface area contributed by atoms with Crippen LogP contribution in [0.4, 0.5) is 11.4 Å². The predicted molar refractivity (Wildman–Crippen MR) is 128 cm³/mol. The fraction of sp³-hybridized carbons (Fsp3) is 0.680. The maximum Gasteiger partial charge on any atom is 0.253 e. The van der Waals surface area contributed by atoms with E-state index in [1.54, 1.807) is 0 Å². The highest BCUT2D eigenvalue weighted by Crippen LogP contribution is 2.29. The fourth-order valence-electron chi connectivity index (χ4n) is 4.29. The number of hydrogen-bond acceptors (Lipinski definition) is 4. The number of hydrogen-bond donors (Lipinski definition) is 2. The molecule has 1 saturated heterocycles. The van der Waals surface area contributed by atoms with Crippen LogP contribution in [-0.4, -0.2) is 44.7 Å². The first kappa shape index (κ1) is 25.2. The van der Waals surface area contributed by atoms with Gasteiger partial charge < -0.3 is 20.3 Å². The zero-order chi connectivity index (χ0) is 22.9. The largest absolute Gasteiger partial charge is 0.382 e. The highest BCUT2D eigenvalue weighted by Gasteiger charge is 2.21. The van der Waals surface area contributed by atoms with E-state index in [0.29, 0.717) is 43.3 Å². The van der Waals surface area contributed by atoms with Crippen LogP contribution in [-0.2, 0) is 9.53 Å². The van der Waals surface area contributed by atoms with Crippen LogP contribution >= 0.6 is 0 Å². The molecular formula is C25H41N3O3. The number of nitrogens with zero attached hydrogens (tertiary/aromatic N) is 1. The van der Waals surface area contributed by atoms with Gasteiger partial charge in [-0.25, -0.2) is 0 Å². The minimum Gasteiger partial charge on any atom is -0.382 e. The van der Waals surface area contributed by atoms with Crippen molar-refractivity contribution in [2.75, 3.05) is 43.1 Å². The smallest absolute Gasteiger partial charge is 0.253 e. The summed E-state index contributed by atoms with van der Waals surface area (Å²) in [4.78, 5) is 27.8. The third kappa shape index (κ3) is 8.90. The average molecular weight is 432 g/mol. The molecule has 0 spiro atoms. The van der Waals surface area contributed by atoms with E-state index >= 15 is 0 Å². The second-order valence-electron chi connectivity index (χ2n) is 9.85. The van der Waals surface area contributed by atoms with E-state index in [9.17, 15) is 9.59 Å². The number of benzene rings is 1. The molecular weight excluding hydrogens is 390 g/mol. The molecule has 1 heterocycles. The van der Waals surface area contributed by atoms with E-state index in [1.807, 2.05) is 25.1 Å². The lowest BCUT2D eigenvalue weighted by atomic mass is 9.84. The number of carbonyl (C=O) groups excluding carboxylic acids is 2. The lowest BCUT2D eigenvalue weighted by molar-refractivity contribution is -0.117. The molecule has 0 aromatic heterocycles. The maximum absolute atomic E-state index is 12.9. The summed E-state index contributed by atoms with van der Waals surface area (Å²) < 4.78 is 5.34. The molecule has 0 radical (unpaired) electrons. The Morgan fingerprint density at radius 2 is 1.90 bits per heavy atom. The molecule has 0 aliphatic carbocycles. The van der Waals surface area contributed by atoms with Gasteiger partial charge in [-0.3, -0.25) is 9.59 Å². The van der Waals surface area contributed by atoms with Gasteiger partial charge in [0.2, 0.25) is 5.91 Å². The van der Waals surface area contributed by atoms with E-state index in [2.05, 4.69) is 43.2 Å². The Morgan fingerprint density at radius 1 is 1.19 bits per heavy atom. The van der Waals surface area contributed by atoms with Crippen LogP contribution in [0.1, 0.15) is 77.1 Å². The van der Waals surface area contributed by atoms with E-state index in [4.69, 9.17) is 4.74 Å². The predicted octanol–water partition coefficient (Wildman–Crippen LogP) is 4.84. The van der Waals surface area contributed by atoms with Gasteiger partial charge in [-0.2, -0.15) is 0 Å². The van der Waals surface area contributed by atoms with Crippen LogP contribution in [0.25, 0.3) is 0 Å². The first-order chi connectivity index (χ1) is 14.7. The zero-order valence-corrected chi connectivity index (χ0v) is 20.1. The van der Waals surface area contributed by atoms with Gasteiger partial charge in [-0.1, -0.05) is 27.7 Å². The number of nitrogens with one attached hydrogen (secondary N) is 2. The van der Waals surface area contributed by atoms with Gasteiger partial charge >= 0.3 is 0 Å². The standard InChI is InChI=1S/C25H41N3O3/c1-6-31-15-9-12-26-24(30)21-17-20(10-11-22(21)28-13-7-8-14-28)27-23(29)16-19(2)18-25(3,4)5/h10-11,17,19H,6-9,12-16,18H2,1-5H3,(H,26,30)(H,27,29)/t19-/m0/s1. The molecule has 174 valence electrons. The van der Waals surface area contributed by atoms with Crippen molar-refractivity contribution in [3.8, 4) is 0 Å². The molecule has 1 aliphatic heterocycles. The van der Waals surface area contributed by atoms with Gasteiger partial charge in [0.1, 0.15) is 0 Å². The van der Waals surface area contributed by atoms with Crippen molar-refractivity contribution >= 4 is 23.2 Å². The minimum atomic E-state index is -0.101. The third-order valence-electron chi connectivity index (χ3n) is 5.42. The molecule has 6 nitrogen and oxygen atoms in total. The van der Waals surface area contributed by atoms with Gasteiger partial charge in [-0.15, -0.1) is 0 Å². The number of ether oxygens (including phenoxy) is 1. The average Bonchev–Trinajstić information content (AvgIpc) is 3.20. The topological polar surface area (TPSA) is 70.7 Å². The van der Waals surface area contributed by atoms with Crippen molar-refractivity contribution in [1.82, 2.24) is 5.32 Å². The molecule has 2 rings (SSSR count). The van der Waals surface area contributed by atoms with E-state index in [1.165, 1.54) is 0 Å². The molecule has 0 bridgehead atoms. The minimum absolute atomic E-state index is 0.00579. The molecule has 2 amide bonds. The molecule has 6 heteroatoms. The summed E-state index contributed by atoms with van der Waals surface area (Å²) in [5, 5.41) is 6.00. The van der Waals surface area contributed by atoms with Gasteiger partial charge in [0.25, 0.3) is 5.91 Å². The summed E-state index contributed by atoms with van der Waals surface area (Å²) in [6, 6.07) is 5.69. The number of amides is 2. The van der Waals surface area contributed by atoms with Gasteiger partial charge in [0, 0.05) is 50.6 Å². The second kappa shape index (κ2) is 12.1. The molecule has 1 aliphatic rings. The molecule has 1 aromatic carbocycles. The number of carbonyl (C=O) groups is 2. The van der Waals surface area contributed by atoms with Crippen molar-refractivity contribution in [3.05, 3.63) is 23.8 Å². The summed E-state index contributed by atoms with van der Waals surface area (Å²) in [5.74, 6) is 0.196. The summed E-state index contributed by atoms with van der Waals surface area (Å²) in [7, 11) is 0. The van der Waals surface area contributed by atoms with E-state index < -0.39 is 0 Å². The summed E-state index contributed by atoms with van der Waals surface area (Å²) in [6.07, 6.45) is 4.52. The summed E-state index contributed by atoms with van der Waals surface area (Å²) >= 11 is 0. The highest BCUT2D eigenvalue weighted by atomic mass is 16.5. The summed E-state index contributed by atoms with van der Waals surface area (Å²) in [6.45, 7) is 14.5. The molecule has 2 N–H and O–H groups in total. The first-order valence-electron chi connectivity index (χ1n) is 11.7. The van der Waals surface area contributed by atoms with Crippen molar-refractivity contribution in [2.24, 2.45) is 11.3 Å². The van der Waals surface area contributed by atoms with E-state index in [0.717, 1.165) is 44.5 Å². The normalized spacial score (nSPS) is 15.1. The molecule has 1 atom stereocenters. The van der Waals surface area contributed by atoms with Crippen molar-refractivity contribution in [3.63, 3.8) is 0 Å². The Balaban J connectivity index is 2.06. The third-order valence-corrected chi connectivity index (χ3v) is 5.42. The van der Waals surface area contributed by atoms with Crippen molar-refractivity contribution in [2.45, 2.75) is 66.7 Å². The van der Waals surface area contributed by atoms with Crippen LogP contribution in [0, 0.1) is 11.3 Å². The van der Waals surface area contributed by atoms with Gasteiger partial charge in [0.05, 0.1) is 5.56 Å². The Morgan fingerprint density at radius 3 is 2.55 bits per heavy atom. The van der Waals surface area contributed by atoms with Crippen molar-refractivity contribution in [1.29, 1.82) is 0 Å². The van der Waals surface area contributed by atoms with Gasteiger partial charge in [-0.05, 0) is 62.1 Å². The molecule has 1 fully saturated rings. The fourth-order valence-corrected chi connectivity index (χ4v) is 4.29. The highest BCUT2D eigenvalue weighted by molar-refractivity contribution is 6.02. The first-order valence-corrected chi connectivity index (χ1v) is 11.7. The quantitative estimate of drug-likeness (QED) is 0.492. The van der Waals surface area contributed by atoms with Crippen molar-refractivity contribution < 1.29 is 14.3 Å². The zero-order valence-electron chi connectivity index (χ0n) is 20.1. The van der Waals surface area contributed by atoms with Crippen LogP contribution in [0.5, 0.6) is 0 Å². The Hall–Kier alpha value is -2.08. The SMILES string of the molecule is CCOCCCNC(=O)c1cc(NC(=O)C[C@H](C)CC(C)(C)C)ccc1N1CCCC1. The number of rotatable bonds is 11. The Labute approximate surface area is 188 Å². The molecule has 1 aromatic rings. The molecule has 0 unspecified atom stereocenters. The van der Waals surface area contributed by atoms with Crippen LogP contribution in [0.2, 0.25) is 0 Å². The molecule has 31 heavy (non-hydrogen) atoms. The van der Waals surface area contributed by atoms with Crippen LogP contribution in [0.15, 0.2) is 18.2 Å². The van der Waals surface area contributed by atoms with Crippen LogP contribution in [0.3, 0.4) is 0 Å². The lowest BCUT2D eigenvalue weighted by Gasteiger charge is -2.23. The number of anilines is 2. The second-order valence-corrected chi connectivity index (χ2v) is 9.85. The maximum atomic E-state index is 12.9. The molecule has 0 saturated carbocycles. The monoisotopic (exact) mass is 431 g/mol. The van der Waals surface area contributed by atoms with E-state index in [-0.39, 0.29) is 17.2 Å². The Bertz CT molecular complexity index is 721. The van der Waals surface area contributed by atoms with Gasteiger partial charge in [0.15, 0.2) is 0 Å².